The Morgan fingerprint density at radius 1 is 1.48 bits per heavy atom. The molecule has 3 N–H and O–H groups in total. The average Bonchev–Trinajstić information content (AvgIpc) is 2.85. The third-order valence-electron chi connectivity index (χ3n) is 3.31. The Hall–Kier alpha value is -1.51. The van der Waals surface area contributed by atoms with Crippen LogP contribution >= 0.6 is 11.3 Å². The Bertz CT molecular complexity index is 594. The van der Waals surface area contributed by atoms with Gasteiger partial charge in [0.1, 0.15) is 11.6 Å². The first-order valence-electron chi connectivity index (χ1n) is 7.59. The largest absolute Gasteiger partial charge is 0.459 e. The molecule has 0 aromatic carbocycles. The predicted molar refractivity (Wildman–Crippen MR) is 88.3 cm³/mol. The number of ether oxygens (including phenoxy) is 1. The fraction of sp³-hybridized carbons (Fsp3) is 0.667. The van der Waals surface area contributed by atoms with Gasteiger partial charge in [0, 0.05) is 30.9 Å². The molecule has 1 unspecified atom stereocenters. The van der Waals surface area contributed by atoms with Crippen LogP contribution in [-0.4, -0.2) is 53.5 Å². The van der Waals surface area contributed by atoms with E-state index >= 15 is 0 Å². The molecule has 1 amide bonds. The normalized spacial score (nSPS) is 16.6. The second-order valence-corrected chi connectivity index (χ2v) is 7.81. The summed E-state index contributed by atoms with van der Waals surface area (Å²) in [6.45, 7) is 7.10. The highest BCUT2D eigenvalue weighted by Gasteiger charge is 2.24. The van der Waals surface area contributed by atoms with E-state index in [1.54, 1.807) is 20.8 Å². The molecule has 8 heteroatoms. The van der Waals surface area contributed by atoms with E-state index in [-0.39, 0.29) is 12.5 Å². The van der Waals surface area contributed by atoms with Crippen LogP contribution in [0.3, 0.4) is 0 Å². The molecule has 0 radical (unpaired) electrons. The zero-order chi connectivity index (χ0) is 17.2. The van der Waals surface area contributed by atoms with Gasteiger partial charge in [0.15, 0.2) is 5.01 Å². The van der Waals surface area contributed by atoms with Crippen LogP contribution in [0.15, 0.2) is 0 Å². The Morgan fingerprint density at radius 2 is 2.17 bits per heavy atom. The summed E-state index contributed by atoms with van der Waals surface area (Å²) in [6, 6.07) is -0.890. The highest BCUT2D eigenvalue weighted by molar-refractivity contribution is 7.13. The van der Waals surface area contributed by atoms with Gasteiger partial charge in [-0.15, -0.1) is 11.3 Å². The van der Waals surface area contributed by atoms with Gasteiger partial charge in [0.2, 0.25) is 0 Å². The highest BCUT2D eigenvalue weighted by Crippen LogP contribution is 2.24. The third kappa shape index (κ3) is 4.98. The molecule has 0 spiro atoms. The van der Waals surface area contributed by atoms with Crippen molar-refractivity contribution in [2.24, 2.45) is 5.73 Å². The number of carbonyl (C=O) groups is 2. The van der Waals surface area contributed by atoms with Crippen LogP contribution in [0.5, 0.6) is 0 Å². The SMILES string of the molecule is CN1CCc2nc(C(=O)NCC(N)C(=O)OC(C)(C)C)sc2C1. The number of fused-ring (bicyclic) bond motifs is 1. The minimum absolute atomic E-state index is 0.0257. The molecular weight excluding hydrogens is 316 g/mol. The van der Waals surface area contributed by atoms with Crippen LogP contribution in [0.2, 0.25) is 0 Å². The lowest BCUT2D eigenvalue weighted by Gasteiger charge is -2.22. The van der Waals surface area contributed by atoms with Gasteiger partial charge in [-0.3, -0.25) is 9.59 Å². The third-order valence-corrected chi connectivity index (χ3v) is 4.39. The van der Waals surface area contributed by atoms with Gasteiger partial charge in [-0.05, 0) is 27.8 Å². The monoisotopic (exact) mass is 340 g/mol. The van der Waals surface area contributed by atoms with E-state index in [1.807, 2.05) is 7.05 Å². The molecule has 1 atom stereocenters. The molecule has 0 aliphatic carbocycles. The molecule has 23 heavy (non-hydrogen) atoms. The number of likely N-dealkylation sites (N-methyl/N-ethyl adjacent to an activating group) is 1. The number of thiazole rings is 1. The second kappa shape index (κ2) is 6.94. The summed E-state index contributed by atoms with van der Waals surface area (Å²) in [4.78, 5) is 31.7. The summed E-state index contributed by atoms with van der Waals surface area (Å²) in [5.74, 6) is -0.830. The first-order valence-corrected chi connectivity index (χ1v) is 8.41. The number of nitrogens with one attached hydrogen (secondary N) is 1. The summed E-state index contributed by atoms with van der Waals surface area (Å²) < 4.78 is 5.18. The number of carbonyl (C=O) groups excluding carboxylic acids is 2. The van der Waals surface area contributed by atoms with Crippen molar-refractivity contribution in [2.75, 3.05) is 20.1 Å². The number of rotatable bonds is 4. The van der Waals surface area contributed by atoms with Crippen molar-refractivity contribution in [1.29, 1.82) is 0 Å². The van der Waals surface area contributed by atoms with E-state index in [0.717, 1.165) is 30.1 Å². The van der Waals surface area contributed by atoms with Crippen molar-refractivity contribution in [3.63, 3.8) is 0 Å². The zero-order valence-corrected chi connectivity index (χ0v) is 14.8. The van der Waals surface area contributed by atoms with Crippen molar-refractivity contribution in [1.82, 2.24) is 15.2 Å². The molecule has 0 saturated heterocycles. The van der Waals surface area contributed by atoms with Crippen molar-refractivity contribution >= 4 is 23.2 Å². The highest BCUT2D eigenvalue weighted by atomic mass is 32.1. The molecule has 2 rings (SSSR count). The molecular formula is C15H24N4O3S. The van der Waals surface area contributed by atoms with E-state index < -0.39 is 17.6 Å². The van der Waals surface area contributed by atoms with Gasteiger partial charge in [-0.2, -0.15) is 0 Å². The van der Waals surface area contributed by atoms with Crippen LogP contribution < -0.4 is 11.1 Å². The quantitative estimate of drug-likeness (QED) is 0.776. The lowest BCUT2D eigenvalue weighted by Crippen LogP contribution is -2.45. The summed E-state index contributed by atoms with van der Waals surface area (Å²) >= 11 is 1.40. The number of nitrogens with two attached hydrogens (primary N) is 1. The van der Waals surface area contributed by atoms with E-state index in [1.165, 1.54) is 11.3 Å². The van der Waals surface area contributed by atoms with Crippen LogP contribution in [0.4, 0.5) is 0 Å². The number of hydrogen-bond acceptors (Lipinski definition) is 7. The molecule has 7 nitrogen and oxygen atoms in total. The smallest absolute Gasteiger partial charge is 0.325 e. The predicted octanol–water partition coefficient (Wildman–Crippen LogP) is 0.530. The van der Waals surface area contributed by atoms with Crippen molar-refractivity contribution in [2.45, 2.75) is 45.4 Å². The molecule has 1 aromatic rings. The molecule has 1 aliphatic rings. The number of amides is 1. The molecule has 0 bridgehead atoms. The summed E-state index contributed by atoms with van der Waals surface area (Å²) in [5, 5.41) is 3.07. The number of hydrogen-bond donors (Lipinski definition) is 2. The standard InChI is InChI=1S/C15H24N4O3S/c1-15(2,3)22-14(21)9(16)7-17-12(20)13-18-10-5-6-19(4)8-11(10)23-13/h9H,5-8,16H2,1-4H3,(H,17,20). The van der Waals surface area contributed by atoms with Crippen molar-refractivity contribution in [3.05, 3.63) is 15.6 Å². The van der Waals surface area contributed by atoms with Crippen LogP contribution in [-0.2, 0) is 22.5 Å². The Morgan fingerprint density at radius 3 is 2.83 bits per heavy atom. The fourth-order valence-corrected chi connectivity index (χ4v) is 3.26. The van der Waals surface area contributed by atoms with Crippen LogP contribution in [0.1, 0.15) is 41.1 Å². The van der Waals surface area contributed by atoms with E-state index in [9.17, 15) is 9.59 Å². The lowest BCUT2D eigenvalue weighted by molar-refractivity contribution is -0.156. The first-order chi connectivity index (χ1) is 10.7. The summed E-state index contributed by atoms with van der Waals surface area (Å²) in [6.07, 6.45) is 0.854. The maximum atomic E-state index is 12.2. The van der Waals surface area contributed by atoms with Crippen molar-refractivity contribution in [3.8, 4) is 0 Å². The van der Waals surface area contributed by atoms with Gasteiger partial charge in [-0.1, -0.05) is 0 Å². The van der Waals surface area contributed by atoms with Gasteiger partial charge in [0.05, 0.1) is 5.69 Å². The summed E-state index contributed by atoms with van der Waals surface area (Å²) in [5.41, 5.74) is 6.15. The minimum Gasteiger partial charge on any atom is -0.459 e. The Labute approximate surface area is 140 Å². The van der Waals surface area contributed by atoms with Gasteiger partial charge >= 0.3 is 5.97 Å². The number of esters is 1. The van der Waals surface area contributed by atoms with Gasteiger partial charge in [-0.25, -0.2) is 4.98 Å². The molecule has 0 saturated carbocycles. The van der Waals surface area contributed by atoms with E-state index in [4.69, 9.17) is 10.5 Å². The van der Waals surface area contributed by atoms with Crippen molar-refractivity contribution < 1.29 is 14.3 Å². The lowest BCUT2D eigenvalue weighted by atomic mass is 10.2. The average molecular weight is 340 g/mol. The van der Waals surface area contributed by atoms with E-state index in [2.05, 4.69) is 15.2 Å². The topological polar surface area (TPSA) is 97.5 Å². The minimum atomic E-state index is -0.890. The fourth-order valence-electron chi connectivity index (χ4n) is 2.16. The second-order valence-electron chi connectivity index (χ2n) is 6.73. The zero-order valence-electron chi connectivity index (χ0n) is 14.0. The van der Waals surface area contributed by atoms with Gasteiger partial charge in [0.25, 0.3) is 5.91 Å². The van der Waals surface area contributed by atoms with Crippen LogP contribution in [0.25, 0.3) is 0 Å². The maximum Gasteiger partial charge on any atom is 0.325 e. The molecule has 1 aliphatic heterocycles. The first kappa shape index (κ1) is 17.8. The number of nitrogens with zero attached hydrogens (tertiary/aromatic N) is 2. The Balaban J connectivity index is 1.89. The number of aromatic nitrogens is 1. The molecule has 2 heterocycles. The molecule has 128 valence electrons. The Kier molecular flexibility index (Phi) is 5.38. The van der Waals surface area contributed by atoms with Crippen LogP contribution in [0, 0.1) is 0 Å². The maximum absolute atomic E-state index is 12.2. The van der Waals surface area contributed by atoms with E-state index in [0.29, 0.717) is 5.01 Å². The molecule has 1 aromatic heterocycles. The summed E-state index contributed by atoms with van der Waals surface area (Å²) in [7, 11) is 2.04. The molecule has 0 fully saturated rings. The van der Waals surface area contributed by atoms with Gasteiger partial charge < -0.3 is 20.7 Å².